The topological polar surface area (TPSA) is 12.0 Å². The normalized spacial score (nSPS) is 21.2. The van der Waals surface area contributed by atoms with Crippen LogP contribution in [0.4, 0.5) is 0 Å². The summed E-state index contributed by atoms with van der Waals surface area (Å²) >= 11 is 1.88. The zero-order valence-corrected chi connectivity index (χ0v) is 11.4. The third-order valence-electron chi connectivity index (χ3n) is 3.91. The maximum atomic E-state index is 3.78. The molecule has 0 aromatic carbocycles. The summed E-state index contributed by atoms with van der Waals surface area (Å²) in [4.78, 5) is 1.50. The minimum Gasteiger partial charge on any atom is -0.307 e. The van der Waals surface area contributed by atoms with Crippen molar-refractivity contribution < 1.29 is 0 Å². The summed E-state index contributed by atoms with van der Waals surface area (Å²) in [5.74, 6) is 0.905. The first-order valence-electron chi connectivity index (χ1n) is 6.48. The van der Waals surface area contributed by atoms with Gasteiger partial charge < -0.3 is 5.32 Å². The number of aryl methyl sites for hydroxylation is 1. The van der Waals surface area contributed by atoms with Crippen LogP contribution in [0.3, 0.4) is 0 Å². The zero-order valence-electron chi connectivity index (χ0n) is 10.6. The number of nitrogens with one attached hydrogen (secondary N) is 1. The molecule has 2 atom stereocenters. The molecule has 0 bridgehead atoms. The van der Waals surface area contributed by atoms with Crippen molar-refractivity contribution in [3.8, 4) is 0 Å². The Morgan fingerprint density at radius 2 is 2.00 bits per heavy atom. The van der Waals surface area contributed by atoms with Gasteiger partial charge in [0.1, 0.15) is 0 Å². The van der Waals surface area contributed by atoms with Gasteiger partial charge in [0.2, 0.25) is 0 Å². The molecule has 90 valence electrons. The van der Waals surface area contributed by atoms with Crippen LogP contribution in [-0.2, 0) is 0 Å². The first-order valence-corrected chi connectivity index (χ1v) is 7.36. The second kappa shape index (κ2) is 5.33. The molecule has 1 aromatic rings. The minimum atomic E-state index is 0.510. The smallest absolute Gasteiger partial charge is 0.0390 e. The number of rotatable bonds is 4. The molecular weight excluding hydrogens is 214 g/mol. The van der Waals surface area contributed by atoms with Crippen molar-refractivity contribution in [3.63, 3.8) is 0 Å². The molecule has 1 N–H and O–H groups in total. The zero-order chi connectivity index (χ0) is 11.5. The molecule has 1 nitrogen and oxygen atoms in total. The molecular formula is C14H23NS. The third-order valence-corrected chi connectivity index (χ3v) is 5.12. The van der Waals surface area contributed by atoms with E-state index in [0.717, 1.165) is 5.92 Å². The van der Waals surface area contributed by atoms with Crippen molar-refractivity contribution >= 4 is 11.3 Å². The van der Waals surface area contributed by atoms with Gasteiger partial charge in [0.25, 0.3) is 0 Å². The molecule has 0 aliphatic heterocycles. The highest BCUT2D eigenvalue weighted by Gasteiger charge is 2.23. The van der Waals surface area contributed by atoms with Crippen LogP contribution in [0.2, 0.25) is 0 Å². The average molecular weight is 237 g/mol. The Labute approximate surface area is 103 Å². The molecule has 2 rings (SSSR count). The number of hydrogen-bond acceptors (Lipinski definition) is 2. The SMILES string of the molecule is Cc1ccsc1C(C)NC(C)C1CCCC1. The molecule has 1 heterocycles. The van der Waals surface area contributed by atoms with E-state index in [0.29, 0.717) is 12.1 Å². The fourth-order valence-electron chi connectivity index (χ4n) is 2.89. The first kappa shape index (κ1) is 12.1. The Morgan fingerprint density at radius 3 is 2.56 bits per heavy atom. The van der Waals surface area contributed by atoms with Gasteiger partial charge in [-0.15, -0.1) is 11.3 Å². The molecule has 1 aliphatic carbocycles. The Bertz CT molecular complexity index is 325. The highest BCUT2D eigenvalue weighted by atomic mass is 32.1. The van der Waals surface area contributed by atoms with Gasteiger partial charge in [-0.05, 0) is 56.5 Å². The van der Waals surface area contributed by atoms with Crippen molar-refractivity contribution in [2.24, 2.45) is 5.92 Å². The summed E-state index contributed by atoms with van der Waals surface area (Å²) in [6, 6.07) is 3.40. The molecule has 2 unspecified atom stereocenters. The number of thiophene rings is 1. The van der Waals surface area contributed by atoms with E-state index in [1.807, 2.05) is 11.3 Å². The van der Waals surface area contributed by atoms with E-state index in [9.17, 15) is 0 Å². The maximum absolute atomic E-state index is 3.78. The highest BCUT2D eigenvalue weighted by molar-refractivity contribution is 7.10. The van der Waals surface area contributed by atoms with Gasteiger partial charge in [0.05, 0.1) is 0 Å². The van der Waals surface area contributed by atoms with Crippen molar-refractivity contribution in [1.82, 2.24) is 5.32 Å². The summed E-state index contributed by atoms with van der Waals surface area (Å²) in [5.41, 5.74) is 1.43. The molecule has 2 heteroatoms. The van der Waals surface area contributed by atoms with Crippen molar-refractivity contribution in [3.05, 3.63) is 21.9 Å². The summed E-state index contributed by atoms with van der Waals surface area (Å²) in [6.45, 7) is 6.87. The molecule has 0 saturated heterocycles. The average Bonchev–Trinajstić information content (AvgIpc) is 2.86. The summed E-state index contributed by atoms with van der Waals surface area (Å²) in [6.07, 6.45) is 5.71. The van der Waals surface area contributed by atoms with Crippen LogP contribution in [-0.4, -0.2) is 6.04 Å². The fraction of sp³-hybridized carbons (Fsp3) is 0.714. The Morgan fingerprint density at radius 1 is 1.31 bits per heavy atom. The summed E-state index contributed by atoms with van der Waals surface area (Å²) in [7, 11) is 0. The molecule has 0 spiro atoms. The van der Waals surface area contributed by atoms with E-state index in [-0.39, 0.29) is 0 Å². The predicted octanol–water partition coefficient (Wildman–Crippen LogP) is 4.29. The quantitative estimate of drug-likeness (QED) is 0.824. The Balaban J connectivity index is 1.91. The lowest BCUT2D eigenvalue weighted by Crippen LogP contribution is -2.34. The lowest BCUT2D eigenvalue weighted by Gasteiger charge is -2.24. The fourth-order valence-corrected chi connectivity index (χ4v) is 3.84. The summed E-state index contributed by atoms with van der Waals surface area (Å²) in [5, 5.41) is 5.97. The molecule has 16 heavy (non-hydrogen) atoms. The van der Waals surface area contributed by atoms with E-state index in [4.69, 9.17) is 0 Å². The van der Waals surface area contributed by atoms with Gasteiger partial charge in [0.15, 0.2) is 0 Å². The van der Waals surface area contributed by atoms with Gasteiger partial charge in [-0.1, -0.05) is 12.8 Å². The van der Waals surface area contributed by atoms with Crippen LogP contribution in [0, 0.1) is 12.8 Å². The largest absolute Gasteiger partial charge is 0.307 e. The van der Waals surface area contributed by atoms with Gasteiger partial charge in [-0.25, -0.2) is 0 Å². The van der Waals surface area contributed by atoms with E-state index in [2.05, 4.69) is 37.5 Å². The first-order chi connectivity index (χ1) is 7.68. The lowest BCUT2D eigenvalue weighted by atomic mass is 9.99. The van der Waals surface area contributed by atoms with E-state index in [1.54, 1.807) is 0 Å². The molecule has 1 aromatic heterocycles. The van der Waals surface area contributed by atoms with E-state index in [1.165, 1.54) is 36.1 Å². The van der Waals surface area contributed by atoms with Gasteiger partial charge >= 0.3 is 0 Å². The molecule has 1 aliphatic rings. The molecule has 0 amide bonds. The van der Waals surface area contributed by atoms with Crippen molar-refractivity contribution in [2.45, 2.75) is 58.5 Å². The van der Waals surface area contributed by atoms with Crippen molar-refractivity contribution in [2.75, 3.05) is 0 Å². The van der Waals surface area contributed by atoms with Crippen LogP contribution >= 0.6 is 11.3 Å². The third kappa shape index (κ3) is 2.67. The highest BCUT2D eigenvalue weighted by Crippen LogP contribution is 2.30. The van der Waals surface area contributed by atoms with Crippen LogP contribution in [0.25, 0.3) is 0 Å². The monoisotopic (exact) mass is 237 g/mol. The number of hydrogen-bond donors (Lipinski definition) is 1. The van der Waals surface area contributed by atoms with Crippen LogP contribution in [0.1, 0.15) is 56.0 Å². The Kier molecular flexibility index (Phi) is 4.04. The van der Waals surface area contributed by atoms with Gasteiger partial charge in [0, 0.05) is 17.0 Å². The molecule has 1 fully saturated rings. The van der Waals surface area contributed by atoms with Crippen molar-refractivity contribution in [1.29, 1.82) is 0 Å². The van der Waals surface area contributed by atoms with E-state index < -0.39 is 0 Å². The maximum Gasteiger partial charge on any atom is 0.0390 e. The lowest BCUT2D eigenvalue weighted by molar-refractivity contribution is 0.354. The van der Waals surface area contributed by atoms with Gasteiger partial charge in [-0.2, -0.15) is 0 Å². The van der Waals surface area contributed by atoms with Gasteiger partial charge in [-0.3, -0.25) is 0 Å². The van der Waals surface area contributed by atoms with Crippen LogP contribution in [0.15, 0.2) is 11.4 Å². The predicted molar refractivity (Wildman–Crippen MR) is 72.0 cm³/mol. The van der Waals surface area contributed by atoms with E-state index >= 15 is 0 Å². The molecule has 1 saturated carbocycles. The second-order valence-electron chi connectivity index (χ2n) is 5.19. The Hall–Kier alpha value is -0.340. The van der Waals surface area contributed by atoms with Crippen LogP contribution in [0.5, 0.6) is 0 Å². The molecule has 0 radical (unpaired) electrons. The second-order valence-corrected chi connectivity index (χ2v) is 6.14. The van der Waals surface area contributed by atoms with Crippen LogP contribution < -0.4 is 5.32 Å². The standard InChI is InChI=1S/C14H23NS/c1-10-8-9-16-14(10)12(3)15-11(2)13-6-4-5-7-13/h8-9,11-13,15H,4-7H2,1-3H3. The summed E-state index contributed by atoms with van der Waals surface area (Å²) < 4.78 is 0. The minimum absolute atomic E-state index is 0.510.